The predicted octanol–water partition coefficient (Wildman–Crippen LogP) is 1.42. The van der Waals surface area contributed by atoms with Crippen molar-refractivity contribution in [2.75, 3.05) is 33.9 Å². The van der Waals surface area contributed by atoms with E-state index in [4.69, 9.17) is 9.47 Å². The van der Waals surface area contributed by atoms with Crippen LogP contribution < -0.4 is 10.1 Å². The van der Waals surface area contributed by atoms with Crippen LogP contribution in [0.15, 0.2) is 30.9 Å². The summed E-state index contributed by atoms with van der Waals surface area (Å²) in [6.07, 6.45) is 6.67. The highest BCUT2D eigenvalue weighted by Crippen LogP contribution is 2.27. The number of aryl methyl sites for hydroxylation is 1. The Kier molecular flexibility index (Phi) is 6.24. The number of imidazole rings is 1. The summed E-state index contributed by atoms with van der Waals surface area (Å²) in [6, 6.07) is 4.50. The van der Waals surface area contributed by atoms with E-state index >= 15 is 0 Å². The number of pyridine rings is 1. The van der Waals surface area contributed by atoms with E-state index in [1.54, 1.807) is 7.11 Å². The number of hydrogen-bond donors (Lipinski definition) is 1. The first-order valence-electron chi connectivity index (χ1n) is 9.09. The largest absolute Gasteiger partial charge is 0.481 e. The lowest BCUT2D eigenvalue weighted by Crippen LogP contribution is -2.49. The summed E-state index contributed by atoms with van der Waals surface area (Å²) in [5.41, 5.74) is 2.38. The normalized spacial score (nSPS) is 22.3. The van der Waals surface area contributed by atoms with Gasteiger partial charge < -0.3 is 19.4 Å². The van der Waals surface area contributed by atoms with Gasteiger partial charge in [0.1, 0.15) is 0 Å². The van der Waals surface area contributed by atoms with Gasteiger partial charge in [-0.2, -0.15) is 0 Å². The third kappa shape index (κ3) is 4.41. The molecule has 1 aliphatic heterocycles. The monoisotopic (exact) mass is 359 g/mol. The van der Waals surface area contributed by atoms with Crippen molar-refractivity contribution in [1.29, 1.82) is 0 Å². The number of aromatic nitrogens is 3. The van der Waals surface area contributed by atoms with E-state index < -0.39 is 0 Å². The van der Waals surface area contributed by atoms with Crippen LogP contribution in [0.1, 0.15) is 24.2 Å². The van der Waals surface area contributed by atoms with Gasteiger partial charge in [-0.05, 0) is 26.0 Å². The van der Waals surface area contributed by atoms with Gasteiger partial charge >= 0.3 is 0 Å². The summed E-state index contributed by atoms with van der Waals surface area (Å²) >= 11 is 0. The number of nitrogens with one attached hydrogen (secondary N) is 1. The van der Waals surface area contributed by atoms with Crippen LogP contribution in [-0.2, 0) is 18.2 Å². The Labute approximate surface area is 155 Å². The number of likely N-dealkylation sites (N-methyl/N-ethyl adjacent to an activating group) is 1. The molecule has 0 bridgehead atoms. The van der Waals surface area contributed by atoms with Gasteiger partial charge in [0.25, 0.3) is 0 Å². The van der Waals surface area contributed by atoms with Gasteiger partial charge in [-0.1, -0.05) is 6.07 Å². The van der Waals surface area contributed by atoms with Gasteiger partial charge in [-0.15, -0.1) is 0 Å². The molecule has 7 nitrogen and oxygen atoms in total. The lowest BCUT2D eigenvalue weighted by atomic mass is 10.0. The van der Waals surface area contributed by atoms with E-state index in [-0.39, 0.29) is 12.1 Å². The van der Waals surface area contributed by atoms with Crippen LogP contribution in [0.3, 0.4) is 0 Å². The zero-order valence-corrected chi connectivity index (χ0v) is 16.1. The third-order valence-corrected chi connectivity index (χ3v) is 4.98. The van der Waals surface area contributed by atoms with Crippen LogP contribution in [0, 0.1) is 0 Å². The summed E-state index contributed by atoms with van der Waals surface area (Å²) < 4.78 is 13.3. The van der Waals surface area contributed by atoms with Gasteiger partial charge in [0, 0.05) is 44.6 Å². The maximum atomic E-state index is 6.10. The molecule has 1 unspecified atom stereocenters. The SMILES string of the molecule is COc1ccc(CC(C)NC[C@@H]2OCCN(C)[C@H]2c2cncn2C)cn1. The Hall–Kier alpha value is -1.96. The first-order chi connectivity index (χ1) is 12.6. The summed E-state index contributed by atoms with van der Waals surface area (Å²) in [7, 11) is 5.82. The van der Waals surface area contributed by atoms with Gasteiger partial charge in [0.05, 0.1) is 37.9 Å². The number of hydrogen-bond acceptors (Lipinski definition) is 6. The Balaban J connectivity index is 1.58. The molecule has 3 atom stereocenters. The number of rotatable bonds is 7. The van der Waals surface area contributed by atoms with Crippen LogP contribution in [0.25, 0.3) is 0 Å². The van der Waals surface area contributed by atoms with Crippen molar-refractivity contribution >= 4 is 0 Å². The van der Waals surface area contributed by atoms with Crippen molar-refractivity contribution in [1.82, 2.24) is 24.8 Å². The van der Waals surface area contributed by atoms with Crippen molar-refractivity contribution in [3.63, 3.8) is 0 Å². The average Bonchev–Trinajstić information content (AvgIpc) is 3.06. The summed E-state index contributed by atoms with van der Waals surface area (Å²) in [5, 5.41) is 3.62. The second kappa shape index (κ2) is 8.62. The number of nitrogens with zero attached hydrogens (tertiary/aromatic N) is 4. The van der Waals surface area contributed by atoms with Crippen LogP contribution in [0.2, 0.25) is 0 Å². The standard InChI is InChI=1S/C19H29N5O2/c1-14(9-15-5-6-18(25-4)22-10-15)21-12-17-19(23(2)7-8-26-17)16-11-20-13-24(16)3/h5-6,10-11,13-14,17,19,21H,7-9,12H2,1-4H3/t14?,17-,19-/m0/s1. The van der Waals surface area contributed by atoms with Gasteiger partial charge in [0.15, 0.2) is 0 Å². The summed E-state index contributed by atoms with van der Waals surface area (Å²) in [5.74, 6) is 0.645. The zero-order chi connectivity index (χ0) is 18.5. The molecule has 2 aromatic rings. The number of morpholine rings is 1. The van der Waals surface area contributed by atoms with Crippen molar-refractivity contribution in [3.8, 4) is 5.88 Å². The van der Waals surface area contributed by atoms with Crippen LogP contribution in [0.5, 0.6) is 5.88 Å². The maximum absolute atomic E-state index is 6.10. The van der Waals surface area contributed by atoms with Crippen molar-refractivity contribution in [2.45, 2.75) is 31.5 Å². The van der Waals surface area contributed by atoms with Crippen LogP contribution >= 0.6 is 0 Å². The highest BCUT2D eigenvalue weighted by atomic mass is 16.5. The van der Waals surface area contributed by atoms with Crippen LogP contribution in [0.4, 0.5) is 0 Å². The molecule has 0 radical (unpaired) electrons. The molecule has 3 rings (SSSR count). The van der Waals surface area contributed by atoms with E-state index in [2.05, 4.69) is 44.8 Å². The molecule has 2 aromatic heterocycles. The highest BCUT2D eigenvalue weighted by molar-refractivity contribution is 5.18. The fraction of sp³-hybridized carbons (Fsp3) is 0.579. The van der Waals surface area contributed by atoms with E-state index in [1.165, 1.54) is 11.3 Å². The average molecular weight is 359 g/mol. The molecule has 1 aliphatic rings. The Morgan fingerprint density at radius 3 is 2.85 bits per heavy atom. The second-order valence-corrected chi connectivity index (χ2v) is 6.99. The fourth-order valence-corrected chi connectivity index (χ4v) is 3.50. The molecule has 0 aliphatic carbocycles. The lowest BCUT2D eigenvalue weighted by molar-refractivity contribution is -0.0642. The highest BCUT2D eigenvalue weighted by Gasteiger charge is 2.33. The van der Waals surface area contributed by atoms with Crippen molar-refractivity contribution in [3.05, 3.63) is 42.1 Å². The van der Waals surface area contributed by atoms with Gasteiger partial charge in [-0.3, -0.25) is 4.90 Å². The van der Waals surface area contributed by atoms with Crippen molar-refractivity contribution in [2.24, 2.45) is 7.05 Å². The molecule has 142 valence electrons. The fourth-order valence-electron chi connectivity index (χ4n) is 3.50. The molecule has 26 heavy (non-hydrogen) atoms. The minimum atomic E-state index is 0.0978. The quantitative estimate of drug-likeness (QED) is 0.807. The molecular weight excluding hydrogens is 330 g/mol. The molecule has 0 spiro atoms. The first kappa shape index (κ1) is 18.8. The van der Waals surface area contributed by atoms with E-state index in [1.807, 2.05) is 31.8 Å². The molecule has 0 amide bonds. The van der Waals surface area contributed by atoms with Crippen LogP contribution in [-0.4, -0.2) is 65.4 Å². The minimum Gasteiger partial charge on any atom is -0.481 e. The maximum Gasteiger partial charge on any atom is 0.212 e. The van der Waals surface area contributed by atoms with Gasteiger partial charge in [0.2, 0.25) is 5.88 Å². The third-order valence-electron chi connectivity index (χ3n) is 4.98. The molecule has 0 aromatic carbocycles. The Morgan fingerprint density at radius 2 is 2.19 bits per heavy atom. The smallest absolute Gasteiger partial charge is 0.212 e. The summed E-state index contributed by atoms with van der Waals surface area (Å²) in [4.78, 5) is 10.9. The molecule has 3 heterocycles. The van der Waals surface area contributed by atoms with E-state index in [0.717, 1.165) is 26.1 Å². The lowest BCUT2D eigenvalue weighted by Gasteiger charge is -2.39. The van der Waals surface area contributed by atoms with Crippen molar-refractivity contribution < 1.29 is 9.47 Å². The van der Waals surface area contributed by atoms with E-state index in [9.17, 15) is 0 Å². The molecule has 7 heteroatoms. The first-order valence-corrected chi connectivity index (χ1v) is 9.09. The minimum absolute atomic E-state index is 0.0978. The van der Waals surface area contributed by atoms with E-state index in [0.29, 0.717) is 11.9 Å². The molecule has 1 N–H and O–H groups in total. The number of methoxy groups -OCH3 is 1. The molecule has 0 saturated carbocycles. The zero-order valence-electron chi connectivity index (χ0n) is 16.1. The Bertz CT molecular complexity index is 687. The number of ether oxygens (including phenoxy) is 2. The topological polar surface area (TPSA) is 64.4 Å². The molecule has 1 saturated heterocycles. The Morgan fingerprint density at radius 1 is 1.35 bits per heavy atom. The molecular formula is C19H29N5O2. The molecule has 1 fully saturated rings. The predicted molar refractivity (Wildman–Crippen MR) is 100 cm³/mol. The van der Waals surface area contributed by atoms with Gasteiger partial charge in [-0.25, -0.2) is 9.97 Å². The summed E-state index contributed by atoms with van der Waals surface area (Å²) in [6.45, 7) is 4.67. The second-order valence-electron chi connectivity index (χ2n) is 6.99.